The Bertz CT molecular complexity index is 2160. The summed E-state index contributed by atoms with van der Waals surface area (Å²) in [5.41, 5.74) is -1.96. The number of alkyl carbamates (subject to hydrolysis) is 1. The minimum atomic E-state index is -4.04. The summed E-state index contributed by atoms with van der Waals surface area (Å²) in [7, 11) is -4.04. The third kappa shape index (κ3) is 6.89. The summed E-state index contributed by atoms with van der Waals surface area (Å²) in [5.74, 6) is -4.15. The van der Waals surface area contributed by atoms with Crippen LogP contribution >= 0.6 is 0 Å². The monoisotopic (exact) mass is 797 g/mol. The van der Waals surface area contributed by atoms with Crippen molar-refractivity contribution < 1.29 is 45.9 Å². The van der Waals surface area contributed by atoms with Gasteiger partial charge in [0.1, 0.15) is 34.6 Å². The van der Waals surface area contributed by atoms with Gasteiger partial charge in [-0.2, -0.15) is 0 Å². The molecule has 4 amide bonds. The Morgan fingerprint density at radius 1 is 1.02 bits per heavy atom. The summed E-state index contributed by atoms with van der Waals surface area (Å²) < 4.78 is 68.8. The number of nitrogens with zero attached hydrogens (tertiary/aromatic N) is 2. The highest BCUT2D eigenvalue weighted by molar-refractivity contribution is 7.91. The van der Waals surface area contributed by atoms with Crippen molar-refractivity contribution in [2.24, 2.45) is 5.92 Å². The number of pyridine rings is 1. The quantitative estimate of drug-likeness (QED) is 0.355. The van der Waals surface area contributed by atoms with Gasteiger partial charge in [0.15, 0.2) is 11.6 Å². The highest BCUT2D eigenvalue weighted by atomic mass is 32.2. The van der Waals surface area contributed by atoms with E-state index < -0.39 is 85.0 Å². The summed E-state index contributed by atoms with van der Waals surface area (Å²) in [6.45, 7) is 5.04. The zero-order valence-electron chi connectivity index (χ0n) is 32.0. The van der Waals surface area contributed by atoms with Gasteiger partial charge in [-0.1, -0.05) is 25.0 Å². The summed E-state index contributed by atoms with van der Waals surface area (Å²) in [6, 6.07) is -0.0644. The number of sulfonamides is 1. The number of benzene rings is 1. The lowest BCUT2D eigenvalue weighted by atomic mass is 9.65. The number of halogens is 2. The van der Waals surface area contributed by atoms with Gasteiger partial charge in [0.05, 0.1) is 22.5 Å². The van der Waals surface area contributed by atoms with E-state index in [1.54, 1.807) is 13.8 Å². The van der Waals surface area contributed by atoms with E-state index in [0.29, 0.717) is 86.6 Å². The van der Waals surface area contributed by atoms with Gasteiger partial charge in [-0.05, 0) is 97.5 Å². The molecule has 3 aliphatic heterocycles. The van der Waals surface area contributed by atoms with Crippen molar-refractivity contribution in [2.45, 2.75) is 144 Å². The lowest BCUT2D eigenvalue weighted by Crippen LogP contribution is -2.70. The van der Waals surface area contributed by atoms with Gasteiger partial charge >= 0.3 is 6.09 Å². The van der Waals surface area contributed by atoms with E-state index in [9.17, 15) is 36.4 Å². The largest absolute Gasteiger partial charge is 0.483 e. The maximum atomic E-state index is 14.7. The number of carbonyl (C=O) groups excluding carboxylic acids is 4. The van der Waals surface area contributed by atoms with E-state index in [1.807, 2.05) is 19.1 Å². The summed E-state index contributed by atoms with van der Waals surface area (Å²) >= 11 is 0. The molecule has 1 aromatic heterocycles. The molecule has 0 bridgehead atoms. The van der Waals surface area contributed by atoms with Crippen molar-refractivity contribution in [3.63, 3.8) is 0 Å². The number of amides is 4. The van der Waals surface area contributed by atoms with Crippen molar-refractivity contribution in [1.82, 2.24) is 25.2 Å². The van der Waals surface area contributed by atoms with Gasteiger partial charge < -0.3 is 25.0 Å². The van der Waals surface area contributed by atoms with Crippen LogP contribution < -0.4 is 20.1 Å². The van der Waals surface area contributed by atoms with Crippen molar-refractivity contribution in [2.75, 3.05) is 6.54 Å². The second kappa shape index (κ2) is 13.7. The molecule has 8 rings (SSSR count). The maximum absolute atomic E-state index is 14.7. The van der Waals surface area contributed by atoms with Crippen molar-refractivity contribution in [3.8, 4) is 5.75 Å². The van der Waals surface area contributed by atoms with Crippen molar-refractivity contribution in [1.29, 1.82) is 0 Å². The van der Waals surface area contributed by atoms with E-state index in [0.717, 1.165) is 25.0 Å². The Hall–Kier alpha value is -4.34. The Kier molecular flexibility index (Phi) is 9.39. The van der Waals surface area contributed by atoms with Crippen molar-refractivity contribution in [3.05, 3.63) is 47.2 Å². The fraction of sp³-hybridized carbons (Fsp3) is 0.625. The van der Waals surface area contributed by atoms with Crippen LogP contribution in [-0.4, -0.2) is 82.2 Å². The highest BCUT2D eigenvalue weighted by Crippen LogP contribution is 2.47. The topological polar surface area (TPSA) is 173 Å². The predicted octanol–water partition coefficient (Wildman–Crippen LogP) is 4.92. The first-order chi connectivity index (χ1) is 26.5. The third-order valence-electron chi connectivity index (χ3n) is 13.1. The zero-order valence-corrected chi connectivity index (χ0v) is 32.8. The van der Waals surface area contributed by atoms with Crippen LogP contribution in [0.1, 0.15) is 109 Å². The van der Waals surface area contributed by atoms with Crippen LogP contribution in [0.4, 0.5) is 13.6 Å². The van der Waals surface area contributed by atoms with Gasteiger partial charge in [-0.15, -0.1) is 0 Å². The fourth-order valence-electron chi connectivity index (χ4n) is 8.73. The number of fused-ring (bicyclic) bond motifs is 5. The molecule has 0 radical (unpaired) electrons. The lowest BCUT2D eigenvalue weighted by molar-refractivity contribution is -0.144. The normalized spacial score (nSPS) is 30.7. The summed E-state index contributed by atoms with van der Waals surface area (Å²) in [4.78, 5) is 62.7. The van der Waals surface area contributed by atoms with E-state index in [4.69, 9.17) is 9.47 Å². The number of nitrogens with one attached hydrogen (secondary N) is 3. The SMILES string of the molecule is Cc1nc2cc(F)c(F)cc2c2c1OC1(CC2)CC2C(=O)NC3(C(=O)NS(=O)(=O)C4(C)CC4)CCC3C=CCCCCCC(NC(=O)OC3(C)CC3)C(=O)N2C1. The van der Waals surface area contributed by atoms with E-state index in [2.05, 4.69) is 20.3 Å². The number of rotatable bonds is 5. The molecule has 16 heteroatoms. The molecule has 2 aromatic rings. The van der Waals surface area contributed by atoms with E-state index in [-0.39, 0.29) is 24.9 Å². The summed E-state index contributed by atoms with van der Waals surface area (Å²) in [5, 5.41) is 6.14. The van der Waals surface area contributed by atoms with Crippen LogP contribution in [0.25, 0.3) is 10.9 Å². The molecule has 1 aromatic carbocycles. The first-order valence-electron chi connectivity index (χ1n) is 19.8. The number of hydrogen-bond acceptors (Lipinski definition) is 9. The Morgan fingerprint density at radius 3 is 2.46 bits per heavy atom. The Morgan fingerprint density at radius 2 is 1.77 bits per heavy atom. The van der Waals surface area contributed by atoms with Gasteiger partial charge in [0, 0.05) is 29.4 Å². The van der Waals surface area contributed by atoms with E-state index >= 15 is 0 Å². The van der Waals surface area contributed by atoms with Crippen LogP contribution in [0.5, 0.6) is 5.75 Å². The molecule has 1 saturated heterocycles. The van der Waals surface area contributed by atoms with Crippen LogP contribution in [0, 0.1) is 24.5 Å². The average molecular weight is 798 g/mol. The molecule has 56 heavy (non-hydrogen) atoms. The number of carbonyl (C=O) groups is 4. The smallest absolute Gasteiger partial charge is 0.408 e. The lowest BCUT2D eigenvalue weighted by Gasteiger charge is -2.48. The molecule has 3 saturated carbocycles. The minimum Gasteiger partial charge on any atom is -0.483 e. The zero-order chi connectivity index (χ0) is 39.8. The first kappa shape index (κ1) is 38.5. The fourth-order valence-corrected chi connectivity index (χ4v) is 10.0. The number of aryl methyl sites for hydroxylation is 2. The summed E-state index contributed by atoms with van der Waals surface area (Å²) in [6.07, 6.45) is 9.82. The molecule has 3 aliphatic carbocycles. The molecule has 3 N–H and O–H groups in total. The number of hydrogen-bond donors (Lipinski definition) is 3. The van der Waals surface area contributed by atoms with E-state index in [1.165, 1.54) is 4.90 Å². The second-order valence-electron chi connectivity index (χ2n) is 17.4. The molecular weight excluding hydrogens is 749 g/mol. The van der Waals surface area contributed by atoms with Crippen LogP contribution in [0.2, 0.25) is 0 Å². The van der Waals surface area contributed by atoms with Crippen LogP contribution in [-0.2, 0) is 35.6 Å². The minimum absolute atomic E-state index is 0.00306. The van der Waals surface area contributed by atoms with Gasteiger partial charge in [0.25, 0.3) is 5.91 Å². The molecule has 6 aliphatic rings. The molecule has 4 heterocycles. The van der Waals surface area contributed by atoms with Gasteiger partial charge in [-0.3, -0.25) is 19.1 Å². The maximum Gasteiger partial charge on any atom is 0.408 e. The van der Waals surface area contributed by atoms with Gasteiger partial charge in [-0.25, -0.2) is 27.0 Å². The van der Waals surface area contributed by atoms with Crippen molar-refractivity contribution >= 4 is 44.7 Å². The Balaban J connectivity index is 1.15. The molecule has 13 nitrogen and oxygen atoms in total. The molecule has 5 unspecified atom stereocenters. The third-order valence-corrected chi connectivity index (χ3v) is 15.2. The Labute approximate surface area is 324 Å². The first-order valence-corrected chi connectivity index (χ1v) is 21.3. The molecule has 302 valence electrons. The number of allylic oxidation sites excluding steroid dienone is 1. The van der Waals surface area contributed by atoms with Crippen LogP contribution in [0.3, 0.4) is 0 Å². The second-order valence-corrected chi connectivity index (χ2v) is 19.5. The molecule has 1 spiro atoms. The molecular formula is C40H49F2N5O8S. The standard InChI is InChI=1S/C40H49F2N5O8S/c1-23-32-25(26-19-27(41)28(42)20-30(26)43-23)12-13-39(54-32)21-31-33(48)45-40(35(50)46-56(52,53)38(3)17-18-38)14-11-24(40)9-7-5-4-6-8-10-29(34(49)47(31)22-39)44-36(51)55-37(2)15-16-37/h7,9,19-20,24,29,31H,4-6,8,10-18,21-22H2,1-3H3,(H,44,51)(H,45,48)(H,46,50). The number of ether oxygens (including phenoxy) is 2. The van der Waals surface area contributed by atoms with Crippen LogP contribution in [0.15, 0.2) is 24.3 Å². The van der Waals surface area contributed by atoms with Gasteiger partial charge in [0.2, 0.25) is 21.8 Å². The highest BCUT2D eigenvalue weighted by Gasteiger charge is 2.59. The molecule has 5 atom stereocenters. The average Bonchev–Trinajstić information content (AvgIpc) is 4.03. The number of aromatic nitrogens is 1. The predicted molar refractivity (Wildman–Crippen MR) is 200 cm³/mol. The molecule has 4 fully saturated rings.